The molecule has 0 radical (unpaired) electrons. The van der Waals surface area contributed by atoms with Crippen LogP contribution in [0.2, 0.25) is 0 Å². The van der Waals surface area contributed by atoms with Gasteiger partial charge < -0.3 is 10.5 Å². The lowest BCUT2D eigenvalue weighted by molar-refractivity contribution is 0.481. The number of thiocarbonyl (C=S) groups is 1. The molecule has 2 nitrogen and oxygen atoms in total. The summed E-state index contributed by atoms with van der Waals surface area (Å²) in [4.78, 5) is 0.346. The summed E-state index contributed by atoms with van der Waals surface area (Å²) in [7, 11) is 0. The van der Waals surface area contributed by atoms with Crippen molar-refractivity contribution >= 4 is 17.2 Å². The molecule has 19 heavy (non-hydrogen) atoms. The minimum absolute atomic E-state index is 0.346. The Morgan fingerprint density at radius 2 is 1.74 bits per heavy atom. The molecule has 2 aromatic rings. The topological polar surface area (TPSA) is 35.2 Å². The van der Waals surface area contributed by atoms with Crippen LogP contribution in [0, 0.1) is 20.8 Å². The molecule has 0 saturated heterocycles. The van der Waals surface area contributed by atoms with Crippen LogP contribution in [-0.2, 0) is 0 Å². The molecule has 0 aliphatic rings. The monoisotopic (exact) mass is 271 g/mol. The van der Waals surface area contributed by atoms with Gasteiger partial charge in [-0.05, 0) is 61.7 Å². The minimum Gasteiger partial charge on any atom is -0.457 e. The van der Waals surface area contributed by atoms with Crippen molar-refractivity contribution in [1.82, 2.24) is 0 Å². The van der Waals surface area contributed by atoms with Gasteiger partial charge in [0.2, 0.25) is 0 Å². The number of rotatable bonds is 3. The van der Waals surface area contributed by atoms with Crippen molar-refractivity contribution in [3.05, 3.63) is 58.7 Å². The van der Waals surface area contributed by atoms with E-state index in [-0.39, 0.29) is 0 Å². The average molecular weight is 271 g/mol. The largest absolute Gasteiger partial charge is 0.457 e. The second-order valence-electron chi connectivity index (χ2n) is 4.71. The van der Waals surface area contributed by atoms with E-state index in [0.29, 0.717) is 10.7 Å². The molecule has 2 aromatic carbocycles. The predicted octanol–water partition coefficient (Wildman–Crippen LogP) is 4.04. The second kappa shape index (κ2) is 5.41. The second-order valence-corrected chi connectivity index (χ2v) is 5.15. The van der Waals surface area contributed by atoms with Crippen LogP contribution in [0.5, 0.6) is 11.5 Å². The van der Waals surface area contributed by atoms with Crippen molar-refractivity contribution in [3.63, 3.8) is 0 Å². The third kappa shape index (κ3) is 3.12. The van der Waals surface area contributed by atoms with E-state index in [9.17, 15) is 0 Å². The Morgan fingerprint density at radius 3 is 2.37 bits per heavy atom. The van der Waals surface area contributed by atoms with Crippen LogP contribution in [0.4, 0.5) is 0 Å². The molecule has 98 valence electrons. The SMILES string of the molecule is Cc1ccc(C(N)=S)c(Oc2ccc(C)c(C)c2)c1. The van der Waals surface area contributed by atoms with E-state index >= 15 is 0 Å². The molecule has 3 heteroatoms. The Balaban J connectivity index is 2.39. The summed E-state index contributed by atoms with van der Waals surface area (Å²) in [5.41, 5.74) is 10.0. The zero-order valence-electron chi connectivity index (χ0n) is 11.4. The summed E-state index contributed by atoms with van der Waals surface area (Å²) in [6.45, 7) is 6.15. The third-order valence-corrected chi connectivity index (χ3v) is 3.33. The van der Waals surface area contributed by atoms with E-state index in [1.165, 1.54) is 11.1 Å². The maximum Gasteiger partial charge on any atom is 0.137 e. The van der Waals surface area contributed by atoms with E-state index in [4.69, 9.17) is 22.7 Å². The molecule has 2 N–H and O–H groups in total. The number of benzene rings is 2. The molecule has 0 fully saturated rings. The van der Waals surface area contributed by atoms with E-state index in [0.717, 1.165) is 16.9 Å². The summed E-state index contributed by atoms with van der Waals surface area (Å²) < 4.78 is 5.92. The zero-order chi connectivity index (χ0) is 14.0. The summed E-state index contributed by atoms with van der Waals surface area (Å²) in [5, 5.41) is 0. The Kier molecular flexibility index (Phi) is 3.86. The van der Waals surface area contributed by atoms with Crippen LogP contribution >= 0.6 is 12.2 Å². The van der Waals surface area contributed by atoms with Crippen molar-refractivity contribution in [3.8, 4) is 11.5 Å². The fourth-order valence-electron chi connectivity index (χ4n) is 1.82. The first kappa shape index (κ1) is 13.6. The van der Waals surface area contributed by atoms with Gasteiger partial charge in [-0.15, -0.1) is 0 Å². The zero-order valence-corrected chi connectivity index (χ0v) is 12.2. The van der Waals surface area contributed by atoms with Crippen LogP contribution in [0.1, 0.15) is 22.3 Å². The molecule has 0 saturated carbocycles. The smallest absolute Gasteiger partial charge is 0.137 e. The van der Waals surface area contributed by atoms with Crippen LogP contribution in [0.3, 0.4) is 0 Å². The van der Waals surface area contributed by atoms with Crippen molar-refractivity contribution in [2.45, 2.75) is 20.8 Å². The van der Waals surface area contributed by atoms with Gasteiger partial charge >= 0.3 is 0 Å². The van der Waals surface area contributed by atoms with Crippen LogP contribution in [0.15, 0.2) is 36.4 Å². The fourth-order valence-corrected chi connectivity index (χ4v) is 1.99. The van der Waals surface area contributed by atoms with Gasteiger partial charge in [0, 0.05) is 0 Å². The van der Waals surface area contributed by atoms with Crippen LogP contribution < -0.4 is 10.5 Å². The van der Waals surface area contributed by atoms with Gasteiger partial charge in [0.25, 0.3) is 0 Å². The molecule has 0 unspecified atom stereocenters. The van der Waals surface area contributed by atoms with Crippen LogP contribution in [0.25, 0.3) is 0 Å². The van der Waals surface area contributed by atoms with Gasteiger partial charge in [0.05, 0.1) is 5.56 Å². The standard InChI is InChI=1S/C16H17NOS/c1-10-4-7-14(16(17)19)15(8-10)18-13-6-5-11(2)12(3)9-13/h4-9H,1-3H3,(H2,17,19). The molecule has 2 rings (SSSR count). The molecule has 0 aliphatic carbocycles. The minimum atomic E-state index is 0.346. The first-order valence-electron chi connectivity index (χ1n) is 6.13. The Hall–Kier alpha value is -1.87. The number of aryl methyl sites for hydroxylation is 3. The highest BCUT2D eigenvalue weighted by atomic mass is 32.1. The lowest BCUT2D eigenvalue weighted by Gasteiger charge is -2.12. The average Bonchev–Trinajstić information content (AvgIpc) is 2.33. The summed E-state index contributed by atoms with van der Waals surface area (Å²) in [5.74, 6) is 1.50. The van der Waals surface area contributed by atoms with Gasteiger partial charge in [-0.1, -0.05) is 24.4 Å². The van der Waals surface area contributed by atoms with E-state index in [2.05, 4.69) is 13.8 Å². The van der Waals surface area contributed by atoms with Crippen molar-refractivity contribution in [2.75, 3.05) is 0 Å². The summed E-state index contributed by atoms with van der Waals surface area (Å²) in [6.07, 6.45) is 0. The van der Waals surface area contributed by atoms with E-state index < -0.39 is 0 Å². The summed E-state index contributed by atoms with van der Waals surface area (Å²) in [6, 6.07) is 11.8. The van der Waals surface area contributed by atoms with Gasteiger partial charge in [0.1, 0.15) is 16.5 Å². The maximum atomic E-state index is 5.92. The lowest BCUT2D eigenvalue weighted by atomic mass is 10.1. The fraction of sp³-hybridized carbons (Fsp3) is 0.188. The molecule has 0 aromatic heterocycles. The van der Waals surface area contributed by atoms with Gasteiger partial charge in [0.15, 0.2) is 0 Å². The highest BCUT2D eigenvalue weighted by Gasteiger charge is 2.08. The molecule has 0 atom stereocenters. The Morgan fingerprint density at radius 1 is 1.00 bits per heavy atom. The quantitative estimate of drug-likeness (QED) is 0.856. The van der Waals surface area contributed by atoms with Gasteiger partial charge in [-0.25, -0.2) is 0 Å². The highest BCUT2D eigenvalue weighted by Crippen LogP contribution is 2.27. The molecular formula is C16H17NOS. The molecule has 0 spiro atoms. The molecule has 0 bridgehead atoms. The van der Waals surface area contributed by atoms with E-state index in [1.807, 2.05) is 43.3 Å². The Labute approximate surface area is 119 Å². The van der Waals surface area contributed by atoms with Gasteiger partial charge in [-0.3, -0.25) is 0 Å². The number of hydrogen-bond donors (Lipinski definition) is 1. The lowest BCUT2D eigenvalue weighted by Crippen LogP contribution is -2.10. The molecular weight excluding hydrogens is 254 g/mol. The normalized spacial score (nSPS) is 10.3. The van der Waals surface area contributed by atoms with Crippen LogP contribution in [-0.4, -0.2) is 4.99 Å². The number of nitrogens with two attached hydrogens (primary N) is 1. The first-order valence-corrected chi connectivity index (χ1v) is 6.54. The molecule has 0 amide bonds. The van der Waals surface area contributed by atoms with Crippen molar-refractivity contribution in [2.24, 2.45) is 5.73 Å². The number of hydrogen-bond acceptors (Lipinski definition) is 2. The Bertz CT molecular complexity index is 635. The van der Waals surface area contributed by atoms with Gasteiger partial charge in [-0.2, -0.15) is 0 Å². The molecule has 0 heterocycles. The van der Waals surface area contributed by atoms with E-state index in [1.54, 1.807) is 0 Å². The maximum absolute atomic E-state index is 5.92. The van der Waals surface area contributed by atoms with Crippen molar-refractivity contribution in [1.29, 1.82) is 0 Å². The van der Waals surface area contributed by atoms with Crippen molar-refractivity contribution < 1.29 is 4.74 Å². The highest BCUT2D eigenvalue weighted by molar-refractivity contribution is 7.80. The molecule has 0 aliphatic heterocycles. The number of ether oxygens (including phenoxy) is 1. The summed E-state index contributed by atoms with van der Waals surface area (Å²) >= 11 is 5.05. The first-order chi connectivity index (χ1) is 8.97. The third-order valence-electron chi connectivity index (χ3n) is 3.11. The predicted molar refractivity (Wildman–Crippen MR) is 83.1 cm³/mol.